The maximum Gasteiger partial charge on any atom is 0.258 e. The average molecular weight is 362 g/mol. The highest BCUT2D eigenvalue weighted by Gasteiger charge is 2.21. The van der Waals surface area contributed by atoms with Crippen LogP contribution in [0.2, 0.25) is 0 Å². The van der Waals surface area contributed by atoms with Crippen LogP contribution in [-0.2, 0) is 13.0 Å². The lowest BCUT2D eigenvalue weighted by atomic mass is 10.2. The zero-order valence-corrected chi connectivity index (χ0v) is 15.8. The number of carbonyl (C=O) groups is 1. The smallest absolute Gasteiger partial charge is 0.258 e. The molecule has 0 radical (unpaired) electrons. The summed E-state index contributed by atoms with van der Waals surface area (Å²) in [6.07, 6.45) is 2.15. The van der Waals surface area contributed by atoms with Gasteiger partial charge in [-0.15, -0.1) is 23.1 Å². The second-order valence-corrected chi connectivity index (χ2v) is 8.19. The van der Waals surface area contributed by atoms with Gasteiger partial charge in [0.2, 0.25) is 0 Å². The molecule has 2 aromatic rings. The lowest BCUT2D eigenvalue weighted by molar-refractivity contribution is 0.102. The van der Waals surface area contributed by atoms with Crippen molar-refractivity contribution in [1.82, 2.24) is 9.88 Å². The molecule has 1 aliphatic heterocycles. The van der Waals surface area contributed by atoms with Crippen LogP contribution < -0.4 is 5.32 Å². The first-order valence-electron chi connectivity index (χ1n) is 8.45. The normalized spacial score (nSPS) is 14.4. The van der Waals surface area contributed by atoms with E-state index < -0.39 is 0 Å². The van der Waals surface area contributed by atoms with Crippen LogP contribution in [0, 0.1) is 0 Å². The molecule has 0 spiro atoms. The SMILES string of the molecule is CCCN1CCc2nc(NC(=O)c3ccccc3SCC)sc2C1. The van der Waals surface area contributed by atoms with Crippen molar-refractivity contribution in [3.63, 3.8) is 0 Å². The Morgan fingerprint density at radius 1 is 1.38 bits per heavy atom. The average Bonchev–Trinajstić information content (AvgIpc) is 2.97. The first kappa shape index (κ1) is 17.5. The van der Waals surface area contributed by atoms with Crippen LogP contribution in [0.1, 0.15) is 41.2 Å². The molecule has 1 aliphatic rings. The van der Waals surface area contributed by atoms with E-state index >= 15 is 0 Å². The number of fused-ring (bicyclic) bond motifs is 1. The molecule has 0 atom stereocenters. The number of hydrogen-bond acceptors (Lipinski definition) is 5. The quantitative estimate of drug-likeness (QED) is 0.780. The summed E-state index contributed by atoms with van der Waals surface area (Å²) in [6.45, 7) is 7.45. The molecule has 6 heteroatoms. The minimum atomic E-state index is -0.0666. The summed E-state index contributed by atoms with van der Waals surface area (Å²) in [7, 11) is 0. The number of nitrogens with one attached hydrogen (secondary N) is 1. The van der Waals surface area contributed by atoms with Gasteiger partial charge in [-0.05, 0) is 30.9 Å². The van der Waals surface area contributed by atoms with Gasteiger partial charge < -0.3 is 0 Å². The van der Waals surface area contributed by atoms with Crippen molar-refractivity contribution in [2.75, 3.05) is 24.2 Å². The predicted molar refractivity (Wildman–Crippen MR) is 102 cm³/mol. The Morgan fingerprint density at radius 2 is 2.21 bits per heavy atom. The van der Waals surface area contributed by atoms with Crippen LogP contribution in [-0.4, -0.2) is 34.6 Å². The highest BCUT2D eigenvalue weighted by Crippen LogP contribution is 2.29. The Kier molecular flexibility index (Phi) is 5.92. The zero-order chi connectivity index (χ0) is 16.9. The molecule has 3 rings (SSSR count). The Balaban J connectivity index is 1.72. The third-order valence-electron chi connectivity index (χ3n) is 4.00. The minimum Gasteiger partial charge on any atom is -0.298 e. The van der Waals surface area contributed by atoms with Crippen LogP contribution in [0.15, 0.2) is 29.2 Å². The highest BCUT2D eigenvalue weighted by molar-refractivity contribution is 7.99. The molecule has 0 unspecified atom stereocenters. The molecule has 128 valence electrons. The van der Waals surface area contributed by atoms with Crippen molar-refractivity contribution in [2.45, 2.75) is 38.1 Å². The summed E-state index contributed by atoms with van der Waals surface area (Å²) in [6, 6.07) is 7.76. The van der Waals surface area contributed by atoms with Crippen LogP contribution in [0.4, 0.5) is 5.13 Å². The van der Waals surface area contributed by atoms with Crippen molar-refractivity contribution >= 4 is 34.1 Å². The fourth-order valence-electron chi connectivity index (χ4n) is 2.91. The lowest BCUT2D eigenvalue weighted by Gasteiger charge is -2.24. The van der Waals surface area contributed by atoms with E-state index in [2.05, 4.69) is 29.0 Å². The standard InChI is InChI=1S/C18H23N3OS2/c1-3-10-21-11-9-14-16(12-21)24-18(19-14)20-17(22)13-7-5-6-8-15(13)23-4-2/h5-8H,3-4,9-12H2,1-2H3,(H,19,20,22). The van der Waals surface area contributed by atoms with E-state index in [9.17, 15) is 4.79 Å². The molecule has 4 nitrogen and oxygen atoms in total. The van der Waals surface area contributed by atoms with E-state index in [0.29, 0.717) is 0 Å². The molecule has 1 N–H and O–H groups in total. The molecule has 0 aliphatic carbocycles. The molecule has 0 bridgehead atoms. The van der Waals surface area contributed by atoms with Gasteiger partial charge in [0.1, 0.15) is 0 Å². The summed E-state index contributed by atoms with van der Waals surface area (Å²) in [5, 5.41) is 3.72. The van der Waals surface area contributed by atoms with Crippen LogP contribution in [0.3, 0.4) is 0 Å². The van der Waals surface area contributed by atoms with Crippen molar-refractivity contribution in [1.29, 1.82) is 0 Å². The Labute approximate surface area is 151 Å². The maximum absolute atomic E-state index is 12.6. The van der Waals surface area contributed by atoms with Crippen molar-refractivity contribution in [3.05, 3.63) is 40.4 Å². The number of hydrogen-bond donors (Lipinski definition) is 1. The van der Waals surface area contributed by atoms with E-state index in [-0.39, 0.29) is 5.91 Å². The number of amides is 1. The zero-order valence-electron chi connectivity index (χ0n) is 14.2. The number of anilines is 1. The molecule has 1 aromatic carbocycles. The summed E-state index contributed by atoms with van der Waals surface area (Å²) in [4.78, 5) is 22.0. The van der Waals surface area contributed by atoms with Gasteiger partial charge in [0, 0.05) is 29.3 Å². The van der Waals surface area contributed by atoms with Crippen molar-refractivity contribution < 1.29 is 4.79 Å². The maximum atomic E-state index is 12.6. The second-order valence-electron chi connectivity index (χ2n) is 5.80. The van der Waals surface area contributed by atoms with E-state index in [1.807, 2.05) is 24.3 Å². The third kappa shape index (κ3) is 3.99. The molecule has 0 saturated carbocycles. The van der Waals surface area contributed by atoms with Crippen LogP contribution in [0.25, 0.3) is 0 Å². The van der Waals surface area contributed by atoms with E-state index in [0.717, 1.165) is 53.1 Å². The van der Waals surface area contributed by atoms with Gasteiger partial charge in [-0.1, -0.05) is 26.0 Å². The summed E-state index contributed by atoms with van der Waals surface area (Å²) in [5.41, 5.74) is 1.88. The van der Waals surface area contributed by atoms with Gasteiger partial charge in [-0.3, -0.25) is 15.0 Å². The Bertz CT molecular complexity index is 714. The fraction of sp³-hybridized carbons (Fsp3) is 0.444. The summed E-state index contributed by atoms with van der Waals surface area (Å²) < 4.78 is 0. The summed E-state index contributed by atoms with van der Waals surface area (Å²) >= 11 is 3.31. The number of nitrogens with zero attached hydrogens (tertiary/aromatic N) is 2. The fourth-order valence-corrected chi connectivity index (χ4v) is 4.76. The summed E-state index contributed by atoms with van der Waals surface area (Å²) in [5.74, 6) is 0.881. The number of aromatic nitrogens is 1. The molecular weight excluding hydrogens is 338 g/mol. The van der Waals surface area contributed by atoms with Crippen molar-refractivity contribution in [3.8, 4) is 0 Å². The van der Waals surface area contributed by atoms with Crippen LogP contribution >= 0.6 is 23.1 Å². The van der Waals surface area contributed by atoms with Crippen molar-refractivity contribution in [2.24, 2.45) is 0 Å². The van der Waals surface area contributed by atoms with E-state index in [1.165, 1.54) is 11.3 Å². The molecule has 24 heavy (non-hydrogen) atoms. The first-order chi connectivity index (χ1) is 11.7. The number of benzene rings is 1. The van der Waals surface area contributed by atoms with Gasteiger partial charge >= 0.3 is 0 Å². The van der Waals surface area contributed by atoms with Gasteiger partial charge in [-0.25, -0.2) is 4.98 Å². The number of carbonyl (C=O) groups excluding carboxylic acids is 1. The molecule has 0 fully saturated rings. The Morgan fingerprint density at radius 3 is 3.00 bits per heavy atom. The number of thiazole rings is 1. The molecule has 1 amide bonds. The first-order valence-corrected chi connectivity index (χ1v) is 10.3. The topological polar surface area (TPSA) is 45.2 Å². The lowest BCUT2D eigenvalue weighted by Crippen LogP contribution is -2.30. The van der Waals surface area contributed by atoms with Gasteiger partial charge in [-0.2, -0.15) is 0 Å². The molecule has 2 heterocycles. The van der Waals surface area contributed by atoms with E-state index in [4.69, 9.17) is 0 Å². The molecule has 1 aromatic heterocycles. The number of rotatable bonds is 6. The van der Waals surface area contributed by atoms with Crippen LogP contribution in [0.5, 0.6) is 0 Å². The predicted octanol–water partition coefficient (Wildman–Crippen LogP) is 4.28. The Hall–Kier alpha value is -1.37. The van der Waals surface area contributed by atoms with Gasteiger partial charge in [0.15, 0.2) is 5.13 Å². The second kappa shape index (κ2) is 8.14. The molecular formula is C18H23N3OS2. The molecule has 0 saturated heterocycles. The van der Waals surface area contributed by atoms with Gasteiger partial charge in [0.05, 0.1) is 11.3 Å². The minimum absolute atomic E-state index is 0.0666. The highest BCUT2D eigenvalue weighted by atomic mass is 32.2. The number of thioether (sulfide) groups is 1. The van der Waals surface area contributed by atoms with E-state index in [1.54, 1.807) is 23.1 Å². The monoisotopic (exact) mass is 361 g/mol. The van der Waals surface area contributed by atoms with Gasteiger partial charge in [0.25, 0.3) is 5.91 Å². The largest absolute Gasteiger partial charge is 0.298 e. The third-order valence-corrected chi connectivity index (χ3v) is 5.96.